The molecule has 0 bridgehead atoms. The van der Waals surface area contributed by atoms with Crippen molar-refractivity contribution < 1.29 is 4.42 Å². The molecule has 0 unspecified atom stereocenters. The molecule has 13 heavy (non-hydrogen) atoms. The average Bonchev–Trinajstić information content (AvgIpc) is 2.47. The maximum absolute atomic E-state index is 5.53. The molecule has 0 amide bonds. The van der Waals surface area contributed by atoms with Gasteiger partial charge in [-0.25, -0.2) is 0 Å². The van der Waals surface area contributed by atoms with E-state index in [-0.39, 0.29) is 12.4 Å². The Bertz CT molecular complexity index is 350. The van der Waals surface area contributed by atoms with Crippen LogP contribution in [0.2, 0.25) is 0 Å². The molecular formula is C10H12ClNO. The molecule has 0 aliphatic heterocycles. The minimum Gasteiger partial charge on any atom is -0.461 e. The van der Waals surface area contributed by atoms with Crippen molar-refractivity contribution in [2.24, 2.45) is 5.73 Å². The Balaban J connectivity index is 0.000000845. The van der Waals surface area contributed by atoms with Gasteiger partial charge in [-0.05, 0) is 18.7 Å². The Labute approximate surface area is 83.1 Å². The Morgan fingerprint density at radius 1 is 1.23 bits per heavy atom. The number of rotatable bonds is 2. The molecular weight excluding hydrogens is 186 g/mol. The standard InChI is InChI=1S/C10H11NO.ClH/c11-6-5-9-7-8-3-1-2-4-10(8)12-9;/h1-4,7H,5-6,11H2;1H. The van der Waals surface area contributed by atoms with Crippen LogP contribution in [0.15, 0.2) is 34.7 Å². The average molecular weight is 198 g/mol. The summed E-state index contributed by atoms with van der Waals surface area (Å²) in [6, 6.07) is 10.0. The molecule has 0 radical (unpaired) electrons. The van der Waals surface area contributed by atoms with Gasteiger partial charge in [-0.3, -0.25) is 0 Å². The number of para-hydroxylation sites is 1. The molecule has 0 aliphatic carbocycles. The van der Waals surface area contributed by atoms with Crippen LogP contribution >= 0.6 is 12.4 Å². The molecule has 2 aromatic rings. The van der Waals surface area contributed by atoms with Gasteiger partial charge in [0, 0.05) is 11.8 Å². The smallest absolute Gasteiger partial charge is 0.134 e. The van der Waals surface area contributed by atoms with Crippen molar-refractivity contribution in [3.05, 3.63) is 36.1 Å². The second-order valence-electron chi connectivity index (χ2n) is 2.79. The van der Waals surface area contributed by atoms with Crippen molar-refractivity contribution in [1.82, 2.24) is 0 Å². The number of furan rings is 1. The maximum Gasteiger partial charge on any atom is 0.134 e. The topological polar surface area (TPSA) is 39.2 Å². The first-order chi connectivity index (χ1) is 5.90. The third-order valence-electron chi connectivity index (χ3n) is 1.87. The first kappa shape index (κ1) is 10.1. The van der Waals surface area contributed by atoms with Crippen LogP contribution in [0.1, 0.15) is 5.76 Å². The van der Waals surface area contributed by atoms with Gasteiger partial charge in [0.15, 0.2) is 0 Å². The highest BCUT2D eigenvalue weighted by Crippen LogP contribution is 2.18. The lowest BCUT2D eigenvalue weighted by atomic mass is 10.2. The number of halogens is 1. The SMILES string of the molecule is Cl.NCCc1cc2ccccc2o1. The van der Waals surface area contributed by atoms with Gasteiger partial charge < -0.3 is 10.2 Å². The molecule has 0 aliphatic rings. The molecule has 0 saturated heterocycles. The zero-order valence-electron chi connectivity index (χ0n) is 7.19. The minimum atomic E-state index is 0. The number of nitrogens with two attached hydrogens (primary N) is 1. The van der Waals surface area contributed by atoms with Crippen molar-refractivity contribution >= 4 is 23.4 Å². The molecule has 2 rings (SSSR count). The van der Waals surface area contributed by atoms with Gasteiger partial charge in [0.05, 0.1) is 0 Å². The Kier molecular flexibility index (Phi) is 3.34. The van der Waals surface area contributed by atoms with Crippen molar-refractivity contribution in [3.8, 4) is 0 Å². The van der Waals surface area contributed by atoms with Gasteiger partial charge in [-0.15, -0.1) is 12.4 Å². The molecule has 2 nitrogen and oxygen atoms in total. The maximum atomic E-state index is 5.53. The number of fused-ring (bicyclic) bond motifs is 1. The Morgan fingerprint density at radius 3 is 2.69 bits per heavy atom. The second-order valence-corrected chi connectivity index (χ2v) is 2.79. The number of hydrogen-bond donors (Lipinski definition) is 1. The van der Waals surface area contributed by atoms with E-state index in [1.54, 1.807) is 0 Å². The quantitative estimate of drug-likeness (QED) is 0.803. The molecule has 0 atom stereocenters. The largest absolute Gasteiger partial charge is 0.461 e. The monoisotopic (exact) mass is 197 g/mol. The van der Waals surface area contributed by atoms with E-state index in [1.807, 2.05) is 30.3 Å². The van der Waals surface area contributed by atoms with Crippen molar-refractivity contribution in [2.75, 3.05) is 6.54 Å². The van der Waals surface area contributed by atoms with E-state index in [4.69, 9.17) is 10.2 Å². The summed E-state index contributed by atoms with van der Waals surface area (Å²) in [5, 5.41) is 1.15. The zero-order chi connectivity index (χ0) is 8.39. The van der Waals surface area contributed by atoms with Gasteiger partial charge in [0.25, 0.3) is 0 Å². The molecule has 3 heteroatoms. The van der Waals surface area contributed by atoms with Crippen molar-refractivity contribution in [3.63, 3.8) is 0 Å². The lowest BCUT2D eigenvalue weighted by Gasteiger charge is -1.87. The van der Waals surface area contributed by atoms with E-state index in [0.29, 0.717) is 6.54 Å². The summed E-state index contributed by atoms with van der Waals surface area (Å²) in [5.74, 6) is 0.971. The van der Waals surface area contributed by atoms with Crippen LogP contribution < -0.4 is 5.73 Å². The summed E-state index contributed by atoms with van der Waals surface area (Å²) in [6.07, 6.45) is 0.814. The van der Waals surface area contributed by atoms with Crippen LogP contribution in [-0.4, -0.2) is 6.54 Å². The van der Waals surface area contributed by atoms with Crippen LogP contribution in [0, 0.1) is 0 Å². The van der Waals surface area contributed by atoms with Crippen molar-refractivity contribution in [1.29, 1.82) is 0 Å². The van der Waals surface area contributed by atoms with Crippen LogP contribution in [0.25, 0.3) is 11.0 Å². The predicted molar refractivity (Wildman–Crippen MR) is 56.2 cm³/mol. The van der Waals surface area contributed by atoms with Crippen LogP contribution in [-0.2, 0) is 6.42 Å². The highest BCUT2D eigenvalue weighted by Gasteiger charge is 2.00. The molecule has 0 spiro atoms. The fraction of sp³-hybridized carbons (Fsp3) is 0.200. The third-order valence-corrected chi connectivity index (χ3v) is 1.87. The van der Waals surface area contributed by atoms with Gasteiger partial charge in [-0.1, -0.05) is 18.2 Å². The highest BCUT2D eigenvalue weighted by molar-refractivity contribution is 5.85. The first-order valence-electron chi connectivity index (χ1n) is 4.07. The van der Waals surface area contributed by atoms with E-state index < -0.39 is 0 Å². The van der Waals surface area contributed by atoms with Gasteiger partial charge >= 0.3 is 0 Å². The Morgan fingerprint density at radius 2 is 2.00 bits per heavy atom. The molecule has 2 N–H and O–H groups in total. The number of benzene rings is 1. The van der Waals surface area contributed by atoms with Gasteiger partial charge in [0.1, 0.15) is 11.3 Å². The lowest BCUT2D eigenvalue weighted by Crippen LogP contribution is -2.01. The van der Waals surface area contributed by atoms with Crippen LogP contribution in [0.3, 0.4) is 0 Å². The number of hydrogen-bond acceptors (Lipinski definition) is 2. The van der Waals surface area contributed by atoms with E-state index in [1.165, 1.54) is 0 Å². The summed E-state index contributed by atoms with van der Waals surface area (Å²) < 4.78 is 5.53. The summed E-state index contributed by atoms with van der Waals surface area (Å²) in [5.41, 5.74) is 6.37. The van der Waals surface area contributed by atoms with E-state index in [9.17, 15) is 0 Å². The minimum absolute atomic E-state index is 0. The highest BCUT2D eigenvalue weighted by atomic mass is 35.5. The summed E-state index contributed by atoms with van der Waals surface area (Å²) >= 11 is 0. The summed E-state index contributed by atoms with van der Waals surface area (Å²) in [7, 11) is 0. The summed E-state index contributed by atoms with van der Waals surface area (Å²) in [6.45, 7) is 0.639. The molecule has 1 heterocycles. The zero-order valence-corrected chi connectivity index (χ0v) is 8.01. The van der Waals surface area contributed by atoms with Crippen LogP contribution in [0.4, 0.5) is 0 Å². The van der Waals surface area contributed by atoms with Crippen molar-refractivity contribution in [2.45, 2.75) is 6.42 Å². The Hall–Kier alpha value is -0.990. The lowest BCUT2D eigenvalue weighted by molar-refractivity contribution is 0.550. The summed E-state index contributed by atoms with van der Waals surface area (Å²) in [4.78, 5) is 0. The third kappa shape index (κ3) is 2.02. The predicted octanol–water partition coefficient (Wildman–Crippen LogP) is 2.36. The van der Waals surface area contributed by atoms with E-state index in [0.717, 1.165) is 23.2 Å². The molecule has 1 aromatic heterocycles. The van der Waals surface area contributed by atoms with E-state index in [2.05, 4.69) is 0 Å². The van der Waals surface area contributed by atoms with Crippen LogP contribution in [0.5, 0.6) is 0 Å². The normalized spacial score (nSPS) is 9.92. The van der Waals surface area contributed by atoms with Gasteiger partial charge in [0.2, 0.25) is 0 Å². The molecule has 70 valence electrons. The molecule has 1 aromatic carbocycles. The first-order valence-corrected chi connectivity index (χ1v) is 4.07. The fourth-order valence-corrected chi connectivity index (χ4v) is 1.30. The van der Waals surface area contributed by atoms with Gasteiger partial charge in [-0.2, -0.15) is 0 Å². The molecule has 0 fully saturated rings. The second kappa shape index (κ2) is 4.30. The fourth-order valence-electron chi connectivity index (χ4n) is 1.30. The van der Waals surface area contributed by atoms with E-state index >= 15 is 0 Å². The molecule has 0 saturated carbocycles.